The van der Waals surface area contributed by atoms with Crippen LogP contribution in [0.25, 0.3) is 0 Å². The highest BCUT2D eigenvalue weighted by atomic mass is 16.4. The Bertz CT molecular complexity index is 635. The van der Waals surface area contributed by atoms with Crippen LogP contribution in [0.15, 0.2) is 42.5 Å². The topological polar surface area (TPSA) is 40.5 Å². The first-order valence-electron chi connectivity index (χ1n) is 6.58. The number of nitrogens with zero attached hydrogens (tertiary/aromatic N) is 1. The van der Waals surface area contributed by atoms with Gasteiger partial charge in [-0.05, 0) is 48.7 Å². The zero-order valence-electron chi connectivity index (χ0n) is 12.1. The van der Waals surface area contributed by atoms with Gasteiger partial charge in [-0.15, -0.1) is 0 Å². The number of aryl methyl sites for hydroxylation is 2. The van der Waals surface area contributed by atoms with Gasteiger partial charge in [0.1, 0.15) is 0 Å². The van der Waals surface area contributed by atoms with Crippen molar-refractivity contribution in [2.75, 3.05) is 11.9 Å². The molecule has 0 radical (unpaired) electrons. The highest BCUT2D eigenvalue weighted by Crippen LogP contribution is 2.18. The summed E-state index contributed by atoms with van der Waals surface area (Å²) in [7, 11) is 1.97. The van der Waals surface area contributed by atoms with Gasteiger partial charge in [-0.1, -0.05) is 24.3 Å². The predicted octanol–water partition coefficient (Wildman–Crippen LogP) is 3.64. The first kappa shape index (κ1) is 14.1. The maximum Gasteiger partial charge on any atom is 0.335 e. The third-order valence-corrected chi connectivity index (χ3v) is 3.52. The molecule has 2 aromatic carbocycles. The second-order valence-corrected chi connectivity index (χ2v) is 5.13. The Morgan fingerprint density at radius 3 is 2.50 bits per heavy atom. The van der Waals surface area contributed by atoms with Crippen molar-refractivity contribution in [2.24, 2.45) is 0 Å². The van der Waals surface area contributed by atoms with Crippen molar-refractivity contribution in [1.29, 1.82) is 0 Å². The third kappa shape index (κ3) is 3.18. The van der Waals surface area contributed by atoms with Crippen LogP contribution in [-0.2, 0) is 6.54 Å². The number of carboxylic acids is 1. The van der Waals surface area contributed by atoms with Crippen molar-refractivity contribution in [3.05, 3.63) is 64.7 Å². The Morgan fingerprint density at radius 1 is 1.10 bits per heavy atom. The minimum atomic E-state index is -0.897. The van der Waals surface area contributed by atoms with Crippen LogP contribution >= 0.6 is 0 Å². The van der Waals surface area contributed by atoms with Gasteiger partial charge < -0.3 is 10.0 Å². The molecule has 0 aromatic heterocycles. The number of hydrogen-bond donors (Lipinski definition) is 1. The maximum absolute atomic E-state index is 11.0. The van der Waals surface area contributed by atoms with Gasteiger partial charge in [0.15, 0.2) is 0 Å². The first-order chi connectivity index (χ1) is 9.47. The lowest BCUT2D eigenvalue weighted by Crippen LogP contribution is -2.17. The number of rotatable bonds is 4. The number of benzene rings is 2. The van der Waals surface area contributed by atoms with E-state index in [0.29, 0.717) is 5.56 Å². The summed E-state index contributed by atoms with van der Waals surface area (Å²) in [5.74, 6) is -0.897. The molecule has 3 nitrogen and oxygen atoms in total. The van der Waals surface area contributed by atoms with E-state index in [1.54, 1.807) is 18.2 Å². The van der Waals surface area contributed by atoms with Crippen molar-refractivity contribution in [2.45, 2.75) is 20.4 Å². The van der Waals surface area contributed by atoms with Crippen LogP contribution in [0.1, 0.15) is 27.0 Å². The molecule has 0 fully saturated rings. The summed E-state index contributed by atoms with van der Waals surface area (Å²) in [5.41, 5.74) is 4.99. The molecule has 0 aliphatic heterocycles. The summed E-state index contributed by atoms with van der Waals surface area (Å²) in [6.07, 6.45) is 0. The zero-order chi connectivity index (χ0) is 14.7. The molecule has 0 amide bonds. The minimum Gasteiger partial charge on any atom is -0.478 e. The summed E-state index contributed by atoms with van der Waals surface area (Å²) in [5, 5.41) is 9.03. The van der Waals surface area contributed by atoms with Crippen molar-refractivity contribution in [3.8, 4) is 0 Å². The van der Waals surface area contributed by atoms with Gasteiger partial charge in [-0.3, -0.25) is 0 Å². The molecule has 0 spiro atoms. The molecule has 0 unspecified atom stereocenters. The number of carboxylic acid groups (broad SMARTS) is 1. The van der Waals surface area contributed by atoms with Crippen LogP contribution in [0.5, 0.6) is 0 Å². The molecule has 20 heavy (non-hydrogen) atoms. The molecular weight excluding hydrogens is 250 g/mol. The Hall–Kier alpha value is -2.29. The summed E-state index contributed by atoms with van der Waals surface area (Å²) < 4.78 is 0. The minimum absolute atomic E-state index is 0.314. The van der Waals surface area contributed by atoms with Gasteiger partial charge >= 0.3 is 5.97 Å². The fourth-order valence-electron chi connectivity index (χ4n) is 2.14. The average Bonchev–Trinajstić information content (AvgIpc) is 2.43. The number of hydrogen-bond acceptors (Lipinski definition) is 2. The molecule has 0 bridgehead atoms. The zero-order valence-corrected chi connectivity index (χ0v) is 12.1. The predicted molar refractivity (Wildman–Crippen MR) is 81.4 cm³/mol. The monoisotopic (exact) mass is 269 g/mol. The van der Waals surface area contributed by atoms with E-state index >= 15 is 0 Å². The quantitative estimate of drug-likeness (QED) is 0.921. The fraction of sp³-hybridized carbons (Fsp3) is 0.235. The molecule has 0 aliphatic rings. The Kier molecular flexibility index (Phi) is 4.08. The molecular formula is C17H19NO2. The van der Waals surface area contributed by atoms with Gasteiger partial charge in [0.25, 0.3) is 0 Å². The molecule has 0 saturated heterocycles. The molecule has 3 heteroatoms. The van der Waals surface area contributed by atoms with E-state index in [9.17, 15) is 4.79 Å². The van der Waals surface area contributed by atoms with Gasteiger partial charge in [0.05, 0.1) is 5.56 Å². The van der Waals surface area contributed by atoms with Crippen molar-refractivity contribution < 1.29 is 9.90 Å². The maximum atomic E-state index is 11.0. The molecule has 104 valence electrons. The van der Waals surface area contributed by atoms with Crippen LogP contribution in [0, 0.1) is 13.8 Å². The summed E-state index contributed by atoms with van der Waals surface area (Å²) in [4.78, 5) is 13.0. The van der Waals surface area contributed by atoms with E-state index in [4.69, 9.17) is 5.11 Å². The fourth-order valence-corrected chi connectivity index (χ4v) is 2.14. The van der Waals surface area contributed by atoms with E-state index in [0.717, 1.165) is 12.2 Å². The summed E-state index contributed by atoms with van der Waals surface area (Å²) >= 11 is 0. The Labute approximate surface area is 119 Å². The second kappa shape index (κ2) is 5.78. The number of aromatic carboxylic acids is 1. The smallest absolute Gasteiger partial charge is 0.335 e. The largest absolute Gasteiger partial charge is 0.478 e. The third-order valence-electron chi connectivity index (χ3n) is 3.52. The highest BCUT2D eigenvalue weighted by molar-refractivity contribution is 5.88. The first-order valence-corrected chi connectivity index (χ1v) is 6.58. The van der Waals surface area contributed by atoms with Crippen LogP contribution < -0.4 is 4.90 Å². The van der Waals surface area contributed by atoms with Crippen LogP contribution in [0.4, 0.5) is 5.69 Å². The molecule has 0 atom stereocenters. The molecule has 0 aliphatic carbocycles. The van der Waals surface area contributed by atoms with E-state index in [-0.39, 0.29) is 0 Å². The van der Waals surface area contributed by atoms with Crippen molar-refractivity contribution in [1.82, 2.24) is 0 Å². The average molecular weight is 269 g/mol. The van der Waals surface area contributed by atoms with E-state index in [1.165, 1.54) is 16.7 Å². The van der Waals surface area contributed by atoms with Gasteiger partial charge in [0, 0.05) is 19.3 Å². The summed E-state index contributed by atoms with van der Waals surface area (Å²) in [6, 6.07) is 13.4. The van der Waals surface area contributed by atoms with Crippen molar-refractivity contribution >= 4 is 11.7 Å². The van der Waals surface area contributed by atoms with E-state index in [1.807, 2.05) is 13.1 Å². The lowest BCUT2D eigenvalue weighted by Gasteiger charge is -2.20. The van der Waals surface area contributed by atoms with E-state index < -0.39 is 5.97 Å². The van der Waals surface area contributed by atoms with Gasteiger partial charge in [0.2, 0.25) is 0 Å². The molecule has 2 rings (SSSR count). The molecule has 2 aromatic rings. The second-order valence-electron chi connectivity index (χ2n) is 5.13. The molecule has 1 N–H and O–H groups in total. The van der Waals surface area contributed by atoms with Gasteiger partial charge in [-0.2, -0.15) is 0 Å². The standard InChI is InChI=1S/C17H19NO2/c1-12-7-8-14(9-13(12)2)11-18(3)16-6-4-5-15(10-16)17(19)20/h4-10H,11H2,1-3H3,(H,19,20). The normalized spacial score (nSPS) is 10.3. The van der Waals surface area contributed by atoms with Crippen LogP contribution in [-0.4, -0.2) is 18.1 Å². The molecule has 0 heterocycles. The van der Waals surface area contributed by atoms with Crippen LogP contribution in [0.3, 0.4) is 0 Å². The Morgan fingerprint density at radius 2 is 1.85 bits per heavy atom. The highest BCUT2D eigenvalue weighted by Gasteiger charge is 2.07. The lowest BCUT2D eigenvalue weighted by molar-refractivity contribution is 0.0697. The van der Waals surface area contributed by atoms with Crippen molar-refractivity contribution in [3.63, 3.8) is 0 Å². The van der Waals surface area contributed by atoms with Gasteiger partial charge in [-0.25, -0.2) is 4.79 Å². The molecule has 0 saturated carbocycles. The van der Waals surface area contributed by atoms with Crippen LogP contribution in [0.2, 0.25) is 0 Å². The van der Waals surface area contributed by atoms with E-state index in [2.05, 4.69) is 36.9 Å². The Balaban J connectivity index is 2.19. The summed E-state index contributed by atoms with van der Waals surface area (Å²) in [6.45, 7) is 4.95. The lowest BCUT2D eigenvalue weighted by atomic mass is 10.1. The SMILES string of the molecule is Cc1ccc(CN(C)c2cccc(C(=O)O)c2)cc1C. The number of anilines is 1. The number of carbonyl (C=O) groups is 1.